The zero-order valence-electron chi connectivity index (χ0n) is 13.8. The highest BCUT2D eigenvalue weighted by atomic mass is 32.2. The highest BCUT2D eigenvalue weighted by molar-refractivity contribution is 7.91. The lowest BCUT2D eigenvalue weighted by Gasteiger charge is -2.61. The minimum Gasteiger partial charge on any atom is -0.380 e. The molecule has 1 aliphatic heterocycles. The summed E-state index contributed by atoms with van der Waals surface area (Å²) in [6, 6.07) is 4.32. The van der Waals surface area contributed by atoms with E-state index in [4.69, 9.17) is 0 Å². The molecule has 4 rings (SSSR count). The van der Waals surface area contributed by atoms with Gasteiger partial charge in [-0.15, -0.1) is 0 Å². The fourth-order valence-electron chi connectivity index (χ4n) is 4.70. The molecule has 1 heterocycles. The molecule has 3 aliphatic rings. The van der Waals surface area contributed by atoms with Crippen LogP contribution in [-0.4, -0.2) is 43.0 Å². The van der Waals surface area contributed by atoms with Crippen molar-refractivity contribution in [1.82, 2.24) is 5.32 Å². The number of amides is 1. The molecule has 0 unspecified atom stereocenters. The SMILES string of the molecule is O=C(NC1CC2(C1)CC(O)(C(F)(F)F)C2)c1cccc2c1CCS2(=O)=O. The zero-order valence-corrected chi connectivity index (χ0v) is 14.6. The smallest absolute Gasteiger partial charge is 0.380 e. The predicted octanol–water partition coefficient (Wildman–Crippen LogP) is 1.98. The van der Waals surface area contributed by atoms with Crippen LogP contribution < -0.4 is 5.32 Å². The Morgan fingerprint density at radius 3 is 2.50 bits per heavy atom. The van der Waals surface area contributed by atoms with Crippen LogP contribution in [-0.2, 0) is 16.3 Å². The Balaban J connectivity index is 1.40. The van der Waals surface area contributed by atoms with E-state index in [0.717, 1.165) is 0 Å². The molecule has 26 heavy (non-hydrogen) atoms. The average molecular weight is 389 g/mol. The fraction of sp³-hybridized carbons (Fsp3) is 0.588. The van der Waals surface area contributed by atoms with Crippen LogP contribution in [0, 0.1) is 5.41 Å². The van der Waals surface area contributed by atoms with Gasteiger partial charge in [0.2, 0.25) is 0 Å². The molecule has 9 heteroatoms. The summed E-state index contributed by atoms with van der Waals surface area (Å²) in [7, 11) is -3.34. The Hall–Kier alpha value is -1.61. The summed E-state index contributed by atoms with van der Waals surface area (Å²) in [5, 5.41) is 12.4. The van der Waals surface area contributed by atoms with Gasteiger partial charge in [0.25, 0.3) is 5.91 Å². The first-order valence-electron chi connectivity index (χ1n) is 8.39. The Morgan fingerprint density at radius 1 is 1.23 bits per heavy atom. The maximum absolute atomic E-state index is 12.7. The van der Waals surface area contributed by atoms with E-state index in [0.29, 0.717) is 24.0 Å². The van der Waals surface area contributed by atoms with E-state index in [9.17, 15) is 31.5 Å². The van der Waals surface area contributed by atoms with Crippen LogP contribution in [0.25, 0.3) is 0 Å². The Kier molecular flexibility index (Phi) is 3.57. The third-order valence-electron chi connectivity index (χ3n) is 5.89. The molecule has 142 valence electrons. The highest BCUT2D eigenvalue weighted by Gasteiger charge is 2.69. The number of fused-ring (bicyclic) bond motifs is 1. The van der Waals surface area contributed by atoms with Crippen LogP contribution in [0.15, 0.2) is 23.1 Å². The summed E-state index contributed by atoms with van der Waals surface area (Å²) in [5.74, 6) is -0.418. The molecule has 2 fully saturated rings. The van der Waals surface area contributed by atoms with E-state index < -0.39 is 32.9 Å². The topological polar surface area (TPSA) is 83.5 Å². The number of carbonyl (C=O) groups excluding carboxylic acids is 1. The van der Waals surface area contributed by atoms with Crippen molar-refractivity contribution < 1.29 is 31.5 Å². The van der Waals surface area contributed by atoms with Gasteiger partial charge in [-0.25, -0.2) is 8.42 Å². The van der Waals surface area contributed by atoms with Gasteiger partial charge in [0.05, 0.1) is 10.6 Å². The first-order chi connectivity index (χ1) is 11.9. The molecular weight excluding hydrogens is 371 g/mol. The number of halogens is 3. The van der Waals surface area contributed by atoms with Crippen LogP contribution >= 0.6 is 0 Å². The monoisotopic (exact) mass is 389 g/mol. The lowest BCUT2D eigenvalue weighted by molar-refractivity contribution is -0.328. The summed E-state index contributed by atoms with van der Waals surface area (Å²) in [6.45, 7) is 0. The molecule has 0 saturated heterocycles. The highest BCUT2D eigenvalue weighted by Crippen LogP contribution is 2.64. The maximum Gasteiger partial charge on any atom is 0.417 e. The molecule has 0 radical (unpaired) electrons. The van der Waals surface area contributed by atoms with Crippen molar-refractivity contribution in [1.29, 1.82) is 0 Å². The molecular formula is C17H18F3NO4S. The van der Waals surface area contributed by atoms with Crippen molar-refractivity contribution in [2.75, 3.05) is 5.75 Å². The number of hydrogen-bond donors (Lipinski definition) is 2. The fourth-order valence-corrected chi connectivity index (χ4v) is 6.27. The number of benzene rings is 1. The van der Waals surface area contributed by atoms with Crippen LogP contribution in [0.3, 0.4) is 0 Å². The van der Waals surface area contributed by atoms with Crippen LogP contribution in [0.1, 0.15) is 41.6 Å². The first-order valence-corrected chi connectivity index (χ1v) is 10.0. The standard InChI is InChI=1S/C17H18F3NO4S/c18-17(19,20)16(23)8-15(9-16)6-10(7-15)21-14(22)12-2-1-3-13-11(12)4-5-26(13,24)25/h1-3,10,23H,4-9H2,(H,21,22). The van der Waals surface area contributed by atoms with E-state index in [1.165, 1.54) is 12.1 Å². The van der Waals surface area contributed by atoms with Gasteiger partial charge in [-0.2, -0.15) is 13.2 Å². The van der Waals surface area contributed by atoms with E-state index in [1.54, 1.807) is 6.07 Å². The van der Waals surface area contributed by atoms with Crippen molar-refractivity contribution in [3.05, 3.63) is 29.3 Å². The van der Waals surface area contributed by atoms with E-state index in [2.05, 4.69) is 5.32 Å². The molecule has 0 bridgehead atoms. The Morgan fingerprint density at radius 2 is 1.88 bits per heavy atom. The lowest BCUT2D eigenvalue weighted by atomic mass is 9.48. The van der Waals surface area contributed by atoms with Crippen molar-refractivity contribution >= 4 is 15.7 Å². The number of sulfone groups is 1. The third-order valence-corrected chi connectivity index (χ3v) is 7.68. The van der Waals surface area contributed by atoms with Gasteiger partial charge in [-0.1, -0.05) is 6.07 Å². The van der Waals surface area contributed by atoms with Gasteiger partial charge in [0.15, 0.2) is 15.4 Å². The Bertz CT molecular complexity index is 880. The molecule has 2 aliphatic carbocycles. The first kappa shape index (κ1) is 17.8. The van der Waals surface area contributed by atoms with Gasteiger partial charge in [0, 0.05) is 11.6 Å². The summed E-state index contributed by atoms with van der Waals surface area (Å²) in [4.78, 5) is 12.7. The van der Waals surface area contributed by atoms with Crippen molar-refractivity contribution in [3.63, 3.8) is 0 Å². The molecule has 1 aromatic rings. The lowest BCUT2D eigenvalue weighted by Crippen LogP contribution is -2.67. The molecule has 1 aromatic carbocycles. The summed E-state index contributed by atoms with van der Waals surface area (Å²) < 4.78 is 62.1. The number of carbonyl (C=O) groups is 1. The minimum absolute atomic E-state index is 0.0187. The number of nitrogens with one attached hydrogen (secondary N) is 1. The van der Waals surface area contributed by atoms with E-state index in [-0.39, 0.29) is 36.0 Å². The maximum atomic E-state index is 12.7. The normalized spacial score (nSPS) is 34.7. The third kappa shape index (κ3) is 2.55. The molecule has 0 aromatic heterocycles. The number of hydrogen-bond acceptors (Lipinski definition) is 4. The predicted molar refractivity (Wildman–Crippen MR) is 85.4 cm³/mol. The number of aliphatic hydroxyl groups is 1. The summed E-state index contributed by atoms with van der Waals surface area (Å²) in [6.07, 6.45) is -4.20. The quantitative estimate of drug-likeness (QED) is 0.810. The van der Waals surface area contributed by atoms with Crippen LogP contribution in [0.5, 0.6) is 0 Å². The van der Waals surface area contributed by atoms with Crippen molar-refractivity contribution in [2.45, 2.75) is 54.8 Å². The van der Waals surface area contributed by atoms with E-state index >= 15 is 0 Å². The number of rotatable bonds is 2. The summed E-state index contributed by atoms with van der Waals surface area (Å²) >= 11 is 0. The second-order valence-corrected chi connectivity index (χ2v) is 9.89. The zero-order chi connectivity index (χ0) is 19.0. The van der Waals surface area contributed by atoms with Gasteiger partial charge < -0.3 is 10.4 Å². The molecule has 2 N–H and O–H groups in total. The Labute approximate surface area is 148 Å². The van der Waals surface area contributed by atoms with Gasteiger partial charge in [0.1, 0.15) is 0 Å². The molecule has 1 amide bonds. The molecule has 2 saturated carbocycles. The van der Waals surface area contributed by atoms with Crippen molar-refractivity contribution in [3.8, 4) is 0 Å². The van der Waals surface area contributed by atoms with Gasteiger partial charge in [-0.05, 0) is 55.2 Å². The van der Waals surface area contributed by atoms with Gasteiger partial charge in [-0.3, -0.25) is 4.79 Å². The van der Waals surface area contributed by atoms with Crippen LogP contribution in [0.2, 0.25) is 0 Å². The molecule has 0 atom stereocenters. The second-order valence-electron chi connectivity index (χ2n) is 7.81. The van der Waals surface area contributed by atoms with E-state index in [1.807, 2.05) is 0 Å². The molecule has 1 spiro atoms. The number of alkyl halides is 3. The average Bonchev–Trinajstić information content (AvgIpc) is 2.78. The summed E-state index contributed by atoms with van der Waals surface area (Å²) in [5.41, 5.74) is -2.33. The second kappa shape index (κ2) is 5.22. The minimum atomic E-state index is -4.62. The largest absolute Gasteiger partial charge is 0.417 e. The van der Waals surface area contributed by atoms with Crippen LogP contribution in [0.4, 0.5) is 13.2 Å². The molecule has 5 nitrogen and oxygen atoms in total. The van der Waals surface area contributed by atoms with Crippen molar-refractivity contribution in [2.24, 2.45) is 5.41 Å². The van der Waals surface area contributed by atoms with Gasteiger partial charge >= 0.3 is 6.18 Å².